The lowest BCUT2D eigenvalue weighted by Gasteiger charge is -2.25. The Balaban J connectivity index is 1.94. The molecule has 2 aromatic rings. The summed E-state index contributed by atoms with van der Waals surface area (Å²) < 4.78 is 11.5. The summed E-state index contributed by atoms with van der Waals surface area (Å²) in [6.45, 7) is 9.17. The van der Waals surface area contributed by atoms with E-state index in [0.717, 1.165) is 37.7 Å². The third-order valence-electron chi connectivity index (χ3n) is 6.00. The maximum Gasteiger partial charge on any atom is 0.295 e. The highest BCUT2D eigenvalue weighted by Crippen LogP contribution is 2.40. The van der Waals surface area contributed by atoms with Gasteiger partial charge in [0.1, 0.15) is 17.3 Å². The number of hydrogen-bond donors (Lipinski definition) is 1. The van der Waals surface area contributed by atoms with Crippen LogP contribution in [0, 0.1) is 0 Å². The first-order valence-electron chi connectivity index (χ1n) is 12.7. The number of ketones is 1. The van der Waals surface area contributed by atoms with E-state index in [-0.39, 0.29) is 17.4 Å². The van der Waals surface area contributed by atoms with E-state index in [1.807, 2.05) is 45.0 Å². The van der Waals surface area contributed by atoms with E-state index in [2.05, 4.69) is 6.92 Å². The van der Waals surface area contributed by atoms with Crippen LogP contribution in [0.4, 0.5) is 0 Å². The van der Waals surface area contributed by atoms with E-state index in [9.17, 15) is 14.7 Å². The minimum absolute atomic E-state index is 0.0367. The van der Waals surface area contributed by atoms with Crippen molar-refractivity contribution in [2.75, 3.05) is 13.2 Å². The highest BCUT2D eigenvalue weighted by atomic mass is 16.5. The molecular formula is C29H37NO5. The van der Waals surface area contributed by atoms with Gasteiger partial charge in [-0.3, -0.25) is 9.59 Å². The molecule has 1 aliphatic rings. The number of unbranched alkanes of at least 4 members (excludes halogenated alkanes) is 3. The van der Waals surface area contributed by atoms with E-state index < -0.39 is 17.7 Å². The molecule has 0 bridgehead atoms. The Labute approximate surface area is 208 Å². The minimum atomic E-state index is -0.661. The molecule has 0 saturated carbocycles. The molecule has 1 aliphatic heterocycles. The summed E-state index contributed by atoms with van der Waals surface area (Å²) in [5.74, 6) is 0.00361. The molecule has 1 fully saturated rings. The van der Waals surface area contributed by atoms with Crippen molar-refractivity contribution < 1.29 is 24.2 Å². The van der Waals surface area contributed by atoms with Gasteiger partial charge in [-0.15, -0.1) is 0 Å². The third-order valence-corrected chi connectivity index (χ3v) is 6.00. The summed E-state index contributed by atoms with van der Waals surface area (Å²) in [6, 6.07) is 13.7. The number of benzene rings is 2. The van der Waals surface area contributed by atoms with Crippen molar-refractivity contribution in [3.8, 4) is 11.5 Å². The Hall–Kier alpha value is -3.28. The SMILES string of the molecule is CCCCCOc1ccc(/C(O)=C2/C(=O)C(=O)N(CCCC)C2c2ccc(OC(C)C)cc2)cc1. The molecule has 1 heterocycles. The number of aliphatic hydroxyl groups excluding tert-OH is 1. The van der Waals surface area contributed by atoms with E-state index in [4.69, 9.17) is 9.47 Å². The Morgan fingerprint density at radius 1 is 0.914 bits per heavy atom. The molecule has 2 aromatic carbocycles. The van der Waals surface area contributed by atoms with Crippen LogP contribution in [0.15, 0.2) is 54.1 Å². The Morgan fingerprint density at radius 2 is 1.54 bits per heavy atom. The van der Waals surface area contributed by atoms with Gasteiger partial charge in [-0.1, -0.05) is 45.2 Å². The summed E-state index contributed by atoms with van der Waals surface area (Å²) in [6.07, 6.45) is 4.91. The van der Waals surface area contributed by atoms with Crippen molar-refractivity contribution in [3.05, 3.63) is 65.2 Å². The quantitative estimate of drug-likeness (QED) is 0.168. The van der Waals surface area contributed by atoms with Crippen molar-refractivity contribution in [1.29, 1.82) is 0 Å². The maximum atomic E-state index is 13.1. The normalized spacial score (nSPS) is 17.3. The van der Waals surface area contributed by atoms with Crippen LogP contribution >= 0.6 is 0 Å². The summed E-state index contributed by atoms with van der Waals surface area (Å²) >= 11 is 0. The number of rotatable bonds is 12. The second-order valence-electron chi connectivity index (χ2n) is 9.16. The van der Waals surface area contributed by atoms with Crippen LogP contribution in [0.1, 0.15) is 77.0 Å². The molecule has 0 aromatic heterocycles. The molecule has 1 N–H and O–H groups in total. The lowest BCUT2D eigenvalue weighted by atomic mass is 9.95. The number of aliphatic hydroxyl groups is 1. The van der Waals surface area contributed by atoms with Crippen molar-refractivity contribution in [1.82, 2.24) is 4.90 Å². The lowest BCUT2D eigenvalue weighted by molar-refractivity contribution is -0.139. The Kier molecular flexibility index (Phi) is 9.35. The number of amides is 1. The fraction of sp³-hybridized carbons (Fsp3) is 0.448. The third kappa shape index (κ3) is 6.44. The molecule has 35 heavy (non-hydrogen) atoms. The lowest BCUT2D eigenvalue weighted by Crippen LogP contribution is -2.30. The molecule has 6 heteroatoms. The fourth-order valence-electron chi connectivity index (χ4n) is 4.19. The zero-order valence-electron chi connectivity index (χ0n) is 21.3. The number of ether oxygens (including phenoxy) is 2. The molecule has 3 rings (SSSR count). The molecule has 1 atom stereocenters. The van der Waals surface area contributed by atoms with Crippen LogP contribution < -0.4 is 9.47 Å². The van der Waals surface area contributed by atoms with Gasteiger partial charge in [-0.25, -0.2) is 0 Å². The number of carbonyl (C=O) groups excluding carboxylic acids is 2. The zero-order chi connectivity index (χ0) is 25.4. The smallest absolute Gasteiger partial charge is 0.295 e. The zero-order valence-corrected chi connectivity index (χ0v) is 21.3. The summed E-state index contributed by atoms with van der Waals surface area (Å²) in [5, 5.41) is 11.2. The molecule has 6 nitrogen and oxygen atoms in total. The molecular weight excluding hydrogens is 442 g/mol. The van der Waals surface area contributed by atoms with Gasteiger partial charge in [0.05, 0.1) is 24.3 Å². The average molecular weight is 480 g/mol. The largest absolute Gasteiger partial charge is 0.507 e. The van der Waals surface area contributed by atoms with Crippen LogP contribution in [0.3, 0.4) is 0 Å². The maximum absolute atomic E-state index is 13.1. The molecule has 0 spiro atoms. The summed E-state index contributed by atoms with van der Waals surface area (Å²) in [5.41, 5.74) is 1.35. The summed E-state index contributed by atoms with van der Waals surface area (Å²) in [7, 11) is 0. The van der Waals surface area contributed by atoms with Crippen LogP contribution in [-0.4, -0.2) is 41.0 Å². The van der Waals surface area contributed by atoms with Crippen molar-refractivity contribution in [2.45, 2.75) is 71.9 Å². The number of hydrogen-bond acceptors (Lipinski definition) is 5. The first kappa shape index (κ1) is 26.3. The predicted octanol–water partition coefficient (Wildman–Crippen LogP) is 6.26. The number of nitrogens with zero attached hydrogens (tertiary/aromatic N) is 1. The molecule has 188 valence electrons. The van der Waals surface area contributed by atoms with Crippen molar-refractivity contribution in [2.24, 2.45) is 0 Å². The van der Waals surface area contributed by atoms with E-state index in [0.29, 0.717) is 30.2 Å². The first-order chi connectivity index (χ1) is 16.9. The number of Topliss-reactive ketones (excluding diaryl/α,β-unsaturated/α-hetero) is 1. The topological polar surface area (TPSA) is 76.1 Å². The fourth-order valence-corrected chi connectivity index (χ4v) is 4.19. The molecule has 1 saturated heterocycles. The van der Waals surface area contributed by atoms with Gasteiger partial charge in [0.25, 0.3) is 11.7 Å². The molecule has 0 aliphatic carbocycles. The highest BCUT2D eigenvalue weighted by Gasteiger charge is 2.45. The Morgan fingerprint density at radius 3 is 2.14 bits per heavy atom. The van der Waals surface area contributed by atoms with Crippen LogP contribution in [0.2, 0.25) is 0 Å². The van der Waals surface area contributed by atoms with Crippen molar-refractivity contribution in [3.63, 3.8) is 0 Å². The van der Waals surface area contributed by atoms with Gasteiger partial charge in [0.15, 0.2) is 0 Å². The van der Waals surface area contributed by atoms with Gasteiger partial charge in [0.2, 0.25) is 0 Å². The second-order valence-corrected chi connectivity index (χ2v) is 9.16. The first-order valence-corrected chi connectivity index (χ1v) is 12.7. The van der Waals surface area contributed by atoms with Gasteiger partial charge in [-0.2, -0.15) is 0 Å². The highest BCUT2D eigenvalue weighted by molar-refractivity contribution is 6.46. The van der Waals surface area contributed by atoms with Gasteiger partial charge < -0.3 is 19.5 Å². The predicted molar refractivity (Wildman–Crippen MR) is 138 cm³/mol. The number of likely N-dealkylation sites (tertiary alicyclic amines) is 1. The minimum Gasteiger partial charge on any atom is -0.507 e. The monoisotopic (exact) mass is 479 g/mol. The molecule has 1 unspecified atom stereocenters. The van der Waals surface area contributed by atoms with Crippen LogP contribution in [0.25, 0.3) is 5.76 Å². The van der Waals surface area contributed by atoms with Crippen LogP contribution in [0.5, 0.6) is 11.5 Å². The van der Waals surface area contributed by atoms with Crippen LogP contribution in [-0.2, 0) is 9.59 Å². The van der Waals surface area contributed by atoms with Gasteiger partial charge in [-0.05, 0) is 68.7 Å². The van der Waals surface area contributed by atoms with Gasteiger partial charge >= 0.3 is 0 Å². The summed E-state index contributed by atoms with van der Waals surface area (Å²) in [4.78, 5) is 27.6. The molecule has 0 radical (unpaired) electrons. The van der Waals surface area contributed by atoms with Crippen molar-refractivity contribution >= 4 is 17.4 Å². The average Bonchev–Trinajstić information content (AvgIpc) is 3.10. The second kappa shape index (κ2) is 12.4. The number of carbonyl (C=O) groups is 2. The van der Waals surface area contributed by atoms with E-state index >= 15 is 0 Å². The van der Waals surface area contributed by atoms with Gasteiger partial charge in [0, 0.05) is 12.1 Å². The molecule has 1 amide bonds. The van der Waals surface area contributed by atoms with E-state index in [1.165, 1.54) is 0 Å². The standard InChI is InChI=1S/C29H37NO5/c1-5-7-9-19-34-23-14-12-22(13-15-23)27(31)25-26(30(18-8-6-2)29(33)28(25)32)21-10-16-24(17-11-21)35-20(3)4/h10-17,20,26,31H,5-9,18-19H2,1-4H3/b27-25-. The van der Waals surface area contributed by atoms with E-state index in [1.54, 1.807) is 29.2 Å². The Bertz CT molecular complexity index is 1020.